The Morgan fingerprint density at radius 3 is 2.67 bits per heavy atom. The fraction of sp³-hybridized carbons (Fsp3) is 0.476. The Morgan fingerprint density at radius 1 is 1.15 bits per heavy atom. The summed E-state index contributed by atoms with van der Waals surface area (Å²) < 4.78 is 11.4. The number of methoxy groups -OCH3 is 1. The standard InChI is InChI=1S/C21H24N4O2/c1-26-17-4-7-20(8-5-17)11-15-3-2-14(16-6-9-23-24-12-16)10-18(15)21(20)13-27-19(22)25-21/h2-3,6,9-10,12,17H,4-5,7-8,11,13H2,1H3,(H2,22,25). The molecule has 1 unspecified atom stereocenters. The van der Waals surface area contributed by atoms with Gasteiger partial charge in [0.15, 0.2) is 0 Å². The summed E-state index contributed by atoms with van der Waals surface area (Å²) in [5.41, 5.74) is 10.5. The van der Waals surface area contributed by atoms with Crippen molar-refractivity contribution in [2.24, 2.45) is 16.1 Å². The van der Waals surface area contributed by atoms with Crippen LogP contribution in [0.25, 0.3) is 11.1 Å². The third-order valence-corrected chi connectivity index (χ3v) is 6.83. The van der Waals surface area contributed by atoms with Gasteiger partial charge in [-0.3, -0.25) is 0 Å². The molecular formula is C21H24N4O2. The minimum atomic E-state index is -0.387. The van der Waals surface area contributed by atoms with E-state index in [1.807, 2.05) is 13.2 Å². The van der Waals surface area contributed by atoms with Crippen LogP contribution in [-0.2, 0) is 21.4 Å². The third-order valence-electron chi connectivity index (χ3n) is 6.83. The molecule has 140 valence electrons. The first-order valence-electron chi connectivity index (χ1n) is 9.57. The Morgan fingerprint density at radius 2 is 2.00 bits per heavy atom. The van der Waals surface area contributed by atoms with Crippen LogP contribution in [0.2, 0.25) is 0 Å². The van der Waals surface area contributed by atoms with Crippen LogP contribution in [0, 0.1) is 5.41 Å². The van der Waals surface area contributed by atoms with E-state index in [0.29, 0.717) is 18.7 Å². The Labute approximate surface area is 158 Å². The van der Waals surface area contributed by atoms with Crippen LogP contribution in [-0.4, -0.2) is 36.0 Å². The average molecular weight is 364 g/mol. The molecule has 2 aliphatic carbocycles. The molecule has 1 aromatic carbocycles. The minimum absolute atomic E-state index is 0.0562. The van der Waals surface area contributed by atoms with Crippen molar-refractivity contribution in [3.63, 3.8) is 0 Å². The zero-order valence-corrected chi connectivity index (χ0v) is 15.5. The number of aliphatic imine (C=N–C) groups is 1. The van der Waals surface area contributed by atoms with Gasteiger partial charge in [0.05, 0.1) is 18.5 Å². The number of benzene rings is 1. The van der Waals surface area contributed by atoms with Crippen molar-refractivity contribution in [3.8, 4) is 11.1 Å². The Balaban J connectivity index is 1.61. The highest BCUT2D eigenvalue weighted by atomic mass is 16.5. The number of nitrogens with zero attached hydrogens (tertiary/aromatic N) is 3. The summed E-state index contributed by atoms with van der Waals surface area (Å²) in [6.45, 7) is 0.529. The molecule has 0 amide bonds. The number of nitrogens with two attached hydrogens (primary N) is 1. The molecular weight excluding hydrogens is 340 g/mol. The first kappa shape index (κ1) is 16.7. The number of aromatic nitrogens is 2. The summed E-state index contributed by atoms with van der Waals surface area (Å²) in [5, 5.41) is 7.91. The largest absolute Gasteiger partial charge is 0.462 e. The zero-order valence-electron chi connectivity index (χ0n) is 15.5. The molecule has 0 saturated heterocycles. The normalized spacial score (nSPS) is 31.7. The lowest BCUT2D eigenvalue weighted by Gasteiger charge is -2.45. The van der Waals surface area contributed by atoms with Crippen LogP contribution in [0.15, 0.2) is 41.7 Å². The minimum Gasteiger partial charge on any atom is -0.462 e. The first-order valence-corrected chi connectivity index (χ1v) is 9.57. The molecule has 0 bridgehead atoms. The molecule has 6 nitrogen and oxygen atoms in total. The number of ether oxygens (including phenoxy) is 2. The predicted molar refractivity (Wildman–Crippen MR) is 102 cm³/mol. The van der Waals surface area contributed by atoms with Gasteiger partial charge in [-0.2, -0.15) is 10.2 Å². The molecule has 0 radical (unpaired) electrons. The maximum atomic E-state index is 6.02. The fourth-order valence-corrected chi connectivity index (χ4v) is 5.36. The van der Waals surface area contributed by atoms with Crippen molar-refractivity contribution in [3.05, 3.63) is 47.8 Å². The molecule has 27 heavy (non-hydrogen) atoms. The summed E-state index contributed by atoms with van der Waals surface area (Å²) in [5.74, 6) is 0. The Bertz CT molecular complexity index is 890. The van der Waals surface area contributed by atoms with Crippen molar-refractivity contribution in [2.45, 2.75) is 43.7 Å². The zero-order chi connectivity index (χ0) is 18.5. The van der Waals surface area contributed by atoms with Gasteiger partial charge in [0.1, 0.15) is 12.1 Å². The van der Waals surface area contributed by atoms with E-state index in [2.05, 4.69) is 28.4 Å². The maximum absolute atomic E-state index is 6.02. The van der Waals surface area contributed by atoms with Crippen molar-refractivity contribution >= 4 is 6.02 Å². The van der Waals surface area contributed by atoms with Crippen LogP contribution >= 0.6 is 0 Å². The molecule has 3 aliphatic rings. The molecule has 1 aromatic heterocycles. The number of hydrogen-bond donors (Lipinski definition) is 1. The van der Waals surface area contributed by atoms with E-state index < -0.39 is 0 Å². The van der Waals surface area contributed by atoms with Gasteiger partial charge in [-0.25, -0.2) is 4.99 Å². The van der Waals surface area contributed by atoms with Crippen LogP contribution in [0.4, 0.5) is 0 Å². The second kappa shape index (κ2) is 6.02. The SMILES string of the molecule is COC1CCC2(CC1)Cc1ccc(-c3ccnnc3)cc1C21COC(N)=N1. The highest BCUT2D eigenvalue weighted by Gasteiger charge is 2.61. The first-order chi connectivity index (χ1) is 13.2. The van der Waals surface area contributed by atoms with E-state index in [1.165, 1.54) is 11.1 Å². The van der Waals surface area contributed by atoms with Crippen LogP contribution in [0.5, 0.6) is 0 Å². The summed E-state index contributed by atoms with van der Waals surface area (Å²) in [4.78, 5) is 4.93. The summed E-state index contributed by atoms with van der Waals surface area (Å²) in [6, 6.07) is 8.97. The lowest BCUT2D eigenvalue weighted by Crippen LogP contribution is -2.46. The number of rotatable bonds is 2. The molecule has 1 aliphatic heterocycles. The molecule has 1 atom stereocenters. The van der Waals surface area contributed by atoms with Crippen LogP contribution < -0.4 is 5.73 Å². The van der Waals surface area contributed by atoms with E-state index in [4.69, 9.17) is 20.2 Å². The van der Waals surface area contributed by atoms with Gasteiger partial charge < -0.3 is 15.2 Å². The van der Waals surface area contributed by atoms with Gasteiger partial charge in [0.25, 0.3) is 6.02 Å². The van der Waals surface area contributed by atoms with Gasteiger partial charge in [-0.05, 0) is 60.9 Å². The number of amidine groups is 1. The van der Waals surface area contributed by atoms with Crippen LogP contribution in [0.3, 0.4) is 0 Å². The van der Waals surface area contributed by atoms with E-state index in [-0.39, 0.29) is 11.0 Å². The molecule has 2 heterocycles. The number of hydrogen-bond acceptors (Lipinski definition) is 6. The summed E-state index contributed by atoms with van der Waals surface area (Å²) >= 11 is 0. The van der Waals surface area contributed by atoms with E-state index in [0.717, 1.165) is 43.2 Å². The summed E-state index contributed by atoms with van der Waals surface area (Å²) in [7, 11) is 1.81. The van der Waals surface area contributed by atoms with Crippen molar-refractivity contribution in [1.29, 1.82) is 0 Å². The molecule has 1 fully saturated rings. The van der Waals surface area contributed by atoms with Gasteiger partial charge >= 0.3 is 0 Å². The van der Waals surface area contributed by atoms with Crippen molar-refractivity contribution < 1.29 is 9.47 Å². The van der Waals surface area contributed by atoms with Gasteiger partial charge in [0, 0.05) is 18.1 Å². The smallest absolute Gasteiger partial charge is 0.283 e. The molecule has 1 saturated carbocycles. The second-order valence-electron chi connectivity index (χ2n) is 7.99. The van der Waals surface area contributed by atoms with Gasteiger partial charge in [-0.15, -0.1) is 0 Å². The molecule has 6 heteroatoms. The maximum Gasteiger partial charge on any atom is 0.283 e. The third kappa shape index (κ3) is 2.39. The second-order valence-corrected chi connectivity index (χ2v) is 7.99. The lowest BCUT2D eigenvalue weighted by molar-refractivity contribution is -0.00983. The fourth-order valence-electron chi connectivity index (χ4n) is 5.36. The molecule has 2 aromatic rings. The monoisotopic (exact) mass is 364 g/mol. The molecule has 2 spiro atoms. The Hall–Kier alpha value is -2.47. The number of fused-ring (bicyclic) bond motifs is 3. The van der Waals surface area contributed by atoms with E-state index in [1.54, 1.807) is 12.4 Å². The van der Waals surface area contributed by atoms with Gasteiger partial charge in [-0.1, -0.05) is 12.1 Å². The van der Waals surface area contributed by atoms with E-state index in [9.17, 15) is 0 Å². The van der Waals surface area contributed by atoms with Crippen molar-refractivity contribution in [1.82, 2.24) is 10.2 Å². The topological polar surface area (TPSA) is 82.6 Å². The molecule has 2 N–H and O–H groups in total. The highest BCUT2D eigenvalue weighted by Crippen LogP contribution is 2.61. The highest BCUT2D eigenvalue weighted by molar-refractivity contribution is 5.76. The predicted octanol–water partition coefficient (Wildman–Crippen LogP) is 2.82. The van der Waals surface area contributed by atoms with Gasteiger partial charge in [0.2, 0.25) is 0 Å². The molecule has 5 rings (SSSR count). The summed E-state index contributed by atoms with van der Waals surface area (Å²) in [6.07, 6.45) is 9.16. The quantitative estimate of drug-likeness (QED) is 0.886. The average Bonchev–Trinajstić information content (AvgIpc) is 3.23. The van der Waals surface area contributed by atoms with E-state index >= 15 is 0 Å². The lowest BCUT2D eigenvalue weighted by atomic mass is 9.62. The van der Waals surface area contributed by atoms with Crippen LogP contribution in [0.1, 0.15) is 36.8 Å². The van der Waals surface area contributed by atoms with Crippen molar-refractivity contribution in [2.75, 3.05) is 13.7 Å². The Kier molecular flexibility index (Phi) is 3.72.